The molecule has 1 aromatic heterocycles. The van der Waals surface area contributed by atoms with Crippen LogP contribution in [-0.2, 0) is 16.0 Å². The number of carbonyl (C=O) groups is 2. The van der Waals surface area contributed by atoms with Crippen molar-refractivity contribution in [2.24, 2.45) is 5.73 Å². The Balaban J connectivity index is 1.66. The Bertz CT molecular complexity index is 1020. The third kappa shape index (κ3) is 4.81. The fraction of sp³-hybridized carbons (Fsp3) is 0.200. The largest absolute Gasteiger partial charge is 0.368 e. The second-order valence-corrected chi connectivity index (χ2v) is 6.38. The molecule has 0 saturated heterocycles. The first-order valence-electron chi connectivity index (χ1n) is 8.74. The Morgan fingerprint density at radius 2 is 1.86 bits per heavy atom. The number of rotatable bonds is 7. The summed E-state index contributed by atoms with van der Waals surface area (Å²) in [5, 5.41) is 3.81. The number of hydrogen-bond acceptors (Lipinski definition) is 5. The van der Waals surface area contributed by atoms with Crippen LogP contribution < -0.4 is 5.73 Å². The number of carbonyl (C=O) groups excluding carboxylic acids is 2. The fourth-order valence-electron chi connectivity index (χ4n) is 2.86. The summed E-state index contributed by atoms with van der Waals surface area (Å²) in [5.41, 5.74) is 6.28. The van der Waals surface area contributed by atoms with Crippen LogP contribution in [0.4, 0.5) is 8.78 Å². The van der Waals surface area contributed by atoms with Gasteiger partial charge in [0.2, 0.25) is 23.5 Å². The van der Waals surface area contributed by atoms with Gasteiger partial charge in [-0.3, -0.25) is 9.59 Å². The molecule has 3 aromatic rings. The number of primary amides is 1. The highest BCUT2D eigenvalue weighted by Crippen LogP contribution is 2.22. The average Bonchev–Trinajstić information content (AvgIpc) is 3.15. The third-order valence-electron chi connectivity index (χ3n) is 4.34. The van der Waals surface area contributed by atoms with Crippen molar-refractivity contribution in [1.82, 2.24) is 15.0 Å². The van der Waals surface area contributed by atoms with E-state index in [2.05, 4.69) is 10.1 Å². The monoisotopic (exact) mass is 400 g/mol. The summed E-state index contributed by atoms with van der Waals surface area (Å²) in [6.07, 6.45) is 0.104. The topological polar surface area (TPSA) is 102 Å². The van der Waals surface area contributed by atoms with Gasteiger partial charge < -0.3 is 15.2 Å². The molecule has 150 valence electrons. The maximum Gasteiger partial charge on any atom is 0.244 e. The van der Waals surface area contributed by atoms with Gasteiger partial charge in [0.15, 0.2) is 0 Å². The molecular formula is C20H18F2N4O3. The summed E-state index contributed by atoms with van der Waals surface area (Å²) in [5.74, 6) is -1.60. The minimum atomic E-state index is -1.10. The third-order valence-corrected chi connectivity index (χ3v) is 4.34. The summed E-state index contributed by atoms with van der Waals surface area (Å²) in [4.78, 5) is 29.7. The fourth-order valence-corrected chi connectivity index (χ4v) is 2.86. The normalized spacial score (nSPS) is 11.8. The van der Waals surface area contributed by atoms with Gasteiger partial charge in [-0.2, -0.15) is 4.98 Å². The Morgan fingerprint density at radius 1 is 1.14 bits per heavy atom. The second kappa shape index (κ2) is 8.59. The molecule has 29 heavy (non-hydrogen) atoms. The van der Waals surface area contributed by atoms with Gasteiger partial charge in [0, 0.05) is 25.5 Å². The molecule has 0 aliphatic carbocycles. The van der Waals surface area contributed by atoms with Gasteiger partial charge in [0.05, 0.1) is 0 Å². The molecule has 0 aliphatic rings. The zero-order valence-electron chi connectivity index (χ0n) is 15.5. The van der Waals surface area contributed by atoms with Gasteiger partial charge in [-0.25, -0.2) is 8.78 Å². The first-order chi connectivity index (χ1) is 13.8. The number of hydrogen-bond donors (Lipinski definition) is 1. The van der Waals surface area contributed by atoms with Crippen LogP contribution in [0, 0.1) is 11.6 Å². The zero-order valence-corrected chi connectivity index (χ0v) is 15.5. The lowest BCUT2D eigenvalue weighted by atomic mass is 10.0. The smallest absolute Gasteiger partial charge is 0.244 e. The number of nitrogens with zero attached hydrogens (tertiary/aromatic N) is 3. The zero-order chi connectivity index (χ0) is 21.0. The van der Waals surface area contributed by atoms with Crippen LogP contribution in [0.2, 0.25) is 0 Å². The highest BCUT2D eigenvalue weighted by Gasteiger charge is 2.27. The van der Waals surface area contributed by atoms with Crippen LogP contribution in [0.1, 0.15) is 23.9 Å². The van der Waals surface area contributed by atoms with Crippen LogP contribution in [0.5, 0.6) is 0 Å². The highest BCUT2D eigenvalue weighted by molar-refractivity contribution is 5.87. The maximum atomic E-state index is 13.5. The molecule has 1 unspecified atom stereocenters. The van der Waals surface area contributed by atoms with Crippen molar-refractivity contribution in [3.05, 3.63) is 71.6 Å². The van der Waals surface area contributed by atoms with Crippen molar-refractivity contribution in [1.29, 1.82) is 0 Å². The Labute approximate surface area is 165 Å². The van der Waals surface area contributed by atoms with E-state index >= 15 is 0 Å². The Hall–Kier alpha value is -3.62. The molecule has 2 amide bonds. The molecule has 3 rings (SSSR count). The van der Waals surface area contributed by atoms with E-state index in [4.69, 9.17) is 10.3 Å². The first kappa shape index (κ1) is 20.1. The van der Waals surface area contributed by atoms with E-state index in [9.17, 15) is 18.4 Å². The SMILES string of the molecule is CN(C(=O)CCc1nc(-c2ccc(F)cc2)no1)C(C(N)=O)c1cccc(F)c1. The number of aryl methyl sites for hydroxylation is 1. The molecular weight excluding hydrogens is 382 g/mol. The van der Waals surface area contributed by atoms with Crippen LogP contribution in [0.25, 0.3) is 11.4 Å². The van der Waals surface area contributed by atoms with E-state index in [0.29, 0.717) is 5.56 Å². The number of benzene rings is 2. The van der Waals surface area contributed by atoms with Crippen LogP contribution in [0.15, 0.2) is 53.1 Å². The molecule has 7 nitrogen and oxygen atoms in total. The van der Waals surface area contributed by atoms with Gasteiger partial charge in [-0.1, -0.05) is 17.3 Å². The Morgan fingerprint density at radius 3 is 2.52 bits per heavy atom. The number of likely N-dealkylation sites (N-methyl/N-ethyl adjacent to an activating group) is 1. The minimum Gasteiger partial charge on any atom is -0.368 e. The standard InChI is InChI=1S/C20H18F2N4O3/c1-26(18(19(23)28)13-3-2-4-15(22)11-13)17(27)10-9-16-24-20(25-29-16)12-5-7-14(21)8-6-12/h2-8,11,18H,9-10H2,1H3,(H2,23,28). The minimum absolute atomic E-state index is 0.0271. The van der Waals surface area contributed by atoms with Crippen molar-refractivity contribution in [2.75, 3.05) is 7.05 Å². The molecule has 0 radical (unpaired) electrons. The van der Waals surface area contributed by atoms with Crippen molar-refractivity contribution >= 4 is 11.8 Å². The quantitative estimate of drug-likeness (QED) is 0.657. The molecule has 0 fully saturated rings. The van der Waals surface area contributed by atoms with Crippen molar-refractivity contribution < 1.29 is 22.9 Å². The van der Waals surface area contributed by atoms with Crippen LogP contribution in [0.3, 0.4) is 0 Å². The van der Waals surface area contributed by atoms with E-state index < -0.39 is 23.7 Å². The van der Waals surface area contributed by atoms with Gasteiger partial charge in [0.25, 0.3) is 0 Å². The average molecular weight is 400 g/mol. The van der Waals surface area contributed by atoms with Crippen molar-refractivity contribution in [2.45, 2.75) is 18.9 Å². The van der Waals surface area contributed by atoms with Gasteiger partial charge in [-0.15, -0.1) is 0 Å². The predicted octanol–water partition coefficient (Wildman–Crippen LogP) is 2.63. The molecule has 9 heteroatoms. The van der Waals surface area contributed by atoms with E-state index in [1.54, 1.807) is 0 Å². The van der Waals surface area contributed by atoms with Crippen LogP contribution in [-0.4, -0.2) is 33.9 Å². The second-order valence-electron chi connectivity index (χ2n) is 6.38. The molecule has 0 aliphatic heterocycles. The van der Waals surface area contributed by atoms with Crippen molar-refractivity contribution in [3.63, 3.8) is 0 Å². The molecule has 0 saturated carbocycles. The lowest BCUT2D eigenvalue weighted by Gasteiger charge is -2.26. The van der Waals surface area contributed by atoms with E-state index in [1.807, 2.05) is 0 Å². The molecule has 0 bridgehead atoms. The van der Waals surface area contributed by atoms with Gasteiger partial charge in [0.1, 0.15) is 17.7 Å². The number of amides is 2. The summed E-state index contributed by atoms with van der Waals surface area (Å²) >= 11 is 0. The lowest BCUT2D eigenvalue weighted by Crippen LogP contribution is -2.39. The predicted molar refractivity (Wildman–Crippen MR) is 99.1 cm³/mol. The molecule has 2 aromatic carbocycles. The molecule has 1 atom stereocenters. The van der Waals surface area contributed by atoms with E-state index in [1.165, 1.54) is 49.5 Å². The summed E-state index contributed by atoms with van der Waals surface area (Å²) in [6, 6.07) is 9.84. The van der Waals surface area contributed by atoms with E-state index in [0.717, 1.165) is 11.0 Å². The maximum absolute atomic E-state index is 13.5. The molecule has 1 heterocycles. The van der Waals surface area contributed by atoms with Crippen LogP contribution >= 0.6 is 0 Å². The number of halogens is 2. The summed E-state index contributed by atoms with van der Waals surface area (Å²) in [7, 11) is 1.42. The first-order valence-corrected chi connectivity index (χ1v) is 8.74. The van der Waals surface area contributed by atoms with Crippen molar-refractivity contribution in [3.8, 4) is 11.4 Å². The van der Waals surface area contributed by atoms with Gasteiger partial charge >= 0.3 is 0 Å². The highest BCUT2D eigenvalue weighted by atomic mass is 19.1. The van der Waals surface area contributed by atoms with E-state index in [-0.39, 0.29) is 35.9 Å². The summed E-state index contributed by atoms with van der Waals surface area (Å²) in [6.45, 7) is 0. The number of nitrogens with two attached hydrogens (primary N) is 1. The molecule has 0 spiro atoms. The lowest BCUT2D eigenvalue weighted by molar-refractivity contribution is -0.138. The summed E-state index contributed by atoms with van der Waals surface area (Å²) < 4.78 is 31.6. The Kier molecular flexibility index (Phi) is 5.96. The molecule has 2 N–H and O–H groups in total. The number of aromatic nitrogens is 2. The van der Waals surface area contributed by atoms with Gasteiger partial charge in [-0.05, 0) is 42.0 Å².